The number of nitrogens with zero attached hydrogens (tertiary/aromatic N) is 1. The number of carbonyl (C=O) groups excluding carboxylic acids is 2. The van der Waals surface area contributed by atoms with Crippen LogP contribution in [0.2, 0.25) is 0 Å². The van der Waals surface area contributed by atoms with Crippen molar-refractivity contribution in [1.29, 1.82) is 0 Å². The summed E-state index contributed by atoms with van der Waals surface area (Å²) in [7, 11) is 0. The Kier molecular flexibility index (Phi) is 4.85. The van der Waals surface area contributed by atoms with Crippen LogP contribution in [0.5, 0.6) is 0 Å². The van der Waals surface area contributed by atoms with E-state index in [0.29, 0.717) is 11.4 Å². The molecular formula is C18H14FN3O2S. The summed E-state index contributed by atoms with van der Waals surface area (Å²) < 4.78 is 13.4. The Morgan fingerprint density at radius 3 is 2.64 bits per heavy atom. The molecule has 0 atom stereocenters. The largest absolute Gasteiger partial charge is 0.366 e. The molecule has 3 aromatic rings. The average molecular weight is 355 g/mol. The molecule has 1 aromatic heterocycles. The molecule has 7 heteroatoms. The summed E-state index contributed by atoms with van der Waals surface area (Å²) in [6, 6.07) is 13.4. The number of aromatic nitrogens is 1. The SMILES string of the molecule is NC(=O)c1cc(NC(=O)Cc2csc(-c3ccccc3)n2)ccc1F. The van der Waals surface area contributed by atoms with Gasteiger partial charge in [0.2, 0.25) is 5.91 Å². The van der Waals surface area contributed by atoms with Gasteiger partial charge in [0.15, 0.2) is 0 Å². The van der Waals surface area contributed by atoms with Crippen LogP contribution in [0.25, 0.3) is 10.6 Å². The van der Waals surface area contributed by atoms with E-state index < -0.39 is 11.7 Å². The standard InChI is InChI=1S/C18H14FN3O2S/c19-15-7-6-12(8-14(15)17(20)24)21-16(23)9-13-10-25-18(22-13)11-4-2-1-3-5-11/h1-8,10H,9H2,(H2,20,24)(H,21,23). The first-order valence-corrected chi connectivity index (χ1v) is 8.30. The summed E-state index contributed by atoms with van der Waals surface area (Å²) in [5.74, 6) is -1.93. The molecule has 0 aliphatic carbocycles. The number of nitrogens with one attached hydrogen (secondary N) is 1. The zero-order valence-electron chi connectivity index (χ0n) is 13.0. The number of primary amides is 1. The van der Waals surface area contributed by atoms with Crippen molar-refractivity contribution in [3.05, 3.63) is 71.0 Å². The normalized spacial score (nSPS) is 10.4. The molecular weight excluding hydrogens is 341 g/mol. The number of rotatable bonds is 5. The van der Waals surface area contributed by atoms with E-state index in [1.165, 1.54) is 23.5 Å². The second-order valence-electron chi connectivity index (χ2n) is 5.29. The second-order valence-corrected chi connectivity index (χ2v) is 6.15. The van der Waals surface area contributed by atoms with Gasteiger partial charge in [-0.3, -0.25) is 9.59 Å². The van der Waals surface area contributed by atoms with E-state index in [-0.39, 0.29) is 17.9 Å². The van der Waals surface area contributed by atoms with E-state index in [1.54, 1.807) is 0 Å². The predicted molar refractivity (Wildman–Crippen MR) is 94.8 cm³/mol. The second kappa shape index (κ2) is 7.23. The van der Waals surface area contributed by atoms with Crippen LogP contribution in [0, 0.1) is 5.82 Å². The molecule has 0 aliphatic heterocycles. The highest BCUT2D eigenvalue weighted by molar-refractivity contribution is 7.13. The maximum atomic E-state index is 13.4. The molecule has 0 bridgehead atoms. The molecule has 0 unspecified atom stereocenters. The van der Waals surface area contributed by atoms with Gasteiger partial charge in [0, 0.05) is 16.6 Å². The van der Waals surface area contributed by atoms with Crippen molar-refractivity contribution in [3.8, 4) is 10.6 Å². The zero-order chi connectivity index (χ0) is 17.8. The number of hydrogen-bond acceptors (Lipinski definition) is 4. The number of benzene rings is 2. The van der Waals surface area contributed by atoms with Gasteiger partial charge in [-0.15, -0.1) is 11.3 Å². The zero-order valence-corrected chi connectivity index (χ0v) is 13.8. The lowest BCUT2D eigenvalue weighted by Gasteiger charge is -2.06. The summed E-state index contributed by atoms with van der Waals surface area (Å²) in [6.07, 6.45) is 0.0760. The van der Waals surface area contributed by atoms with E-state index in [1.807, 2.05) is 35.7 Å². The van der Waals surface area contributed by atoms with E-state index in [0.717, 1.165) is 16.6 Å². The quantitative estimate of drug-likeness (QED) is 0.737. The van der Waals surface area contributed by atoms with Gasteiger partial charge in [-0.25, -0.2) is 9.37 Å². The fourth-order valence-corrected chi connectivity index (χ4v) is 3.09. The van der Waals surface area contributed by atoms with Gasteiger partial charge in [-0.05, 0) is 18.2 Å². The molecule has 25 heavy (non-hydrogen) atoms. The lowest BCUT2D eigenvalue weighted by molar-refractivity contribution is -0.115. The van der Waals surface area contributed by atoms with E-state index in [9.17, 15) is 14.0 Å². The van der Waals surface area contributed by atoms with Crippen LogP contribution >= 0.6 is 11.3 Å². The van der Waals surface area contributed by atoms with Crippen molar-refractivity contribution in [3.63, 3.8) is 0 Å². The van der Waals surface area contributed by atoms with Gasteiger partial charge in [0.05, 0.1) is 17.7 Å². The van der Waals surface area contributed by atoms with Crippen molar-refractivity contribution in [2.24, 2.45) is 5.73 Å². The summed E-state index contributed by atoms with van der Waals surface area (Å²) in [5.41, 5.74) is 6.76. The minimum Gasteiger partial charge on any atom is -0.366 e. The lowest BCUT2D eigenvalue weighted by Crippen LogP contribution is -2.17. The summed E-state index contributed by atoms with van der Waals surface area (Å²) >= 11 is 1.46. The van der Waals surface area contributed by atoms with Gasteiger partial charge in [-0.1, -0.05) is 30.3 Å². The smallest absolute Gasteiger partial charge is 0.251 e. The first-order valence-electron chi connectivity index (χ1n) is 7.42. The van der Waals surface area contributed by atoms with E-state index in [4.69, 9.17) is 5.73 Å². The molecule has 0 spiro atoms. The van der Waals surface area contributed by atoms with Gasteiger partial charge in [0.1, 0.15) is 10.8 Å². The number of halogens is 1. The highest BCUT2D eigenvalue weighted by Crippen LogP contribution is 2.23. The molecule has 0 radical (unpaired) electrons. The van der Waals surface area contributed by atoms with Gasteiger partial charge >= 0.3 is 0 Å². The third-order valence-corrected chi connectivity index (χ3v) is 4.37. The average Bonchev–Trinajstić information content (AvgIpc) is 3.05. The molecule has 0 saturated heterocycles. The third-order valence-electron chi connectivity index (χ3n) is 3.43. The molecule has 1 heterocycles. The Morgan fingerprint density at radius 2 is 1.92 bits per heavy atom. The highest BCUT2D eigenvalue weighted by atomic mass is 32.1. The molecule has 0 fully saturated rings. The Bertz CT molecular complexity index is 925. The fourth-order valence-electron chi connectivity index (χ4n) is 2.26. The number of amides is 2. The molecule has 0 aliphatic rings. The van der Waals surface area contributed by atoms with Crippen molar-refractivity contribution < 1.29 is 14.0 Å². The lowest BCUT2D eigenvalue weighted by atomic mass is 10.1. The molecule has 3 rings (SSSR count). The van der Waals surface area contributed by atoms with Crippen molar-refractivity contribution in [1.82, 2.24) is 4.98 Å². The number of anilines is 1. The van der Waals surface area contributed by atoms with Gasteiger partial charge in [-0.2, -0.15) is 0 Å². The monoisotopic (exact) mass is 355 g/mol. The molecule has 2 aromatic carbocycles. The van der Waals surface area contributed by atoms with Crippen LogP contribution in [0.15, 0.2) is 53.9 Å². The van der Waals surface area contributed by atoms with Gasteiger partial charge in [0.25, 0.3) is 5.91 Å². The van der Waals surface area contributed by atoms with Crippen LogP contribution in [-0.2, 0) is 11.2 Å². The van der Waals surface area contributed by atoms with Crippen LogP contribution in [-0.4, -0.2) is 16.8 Å². The summed E-state index contributed by atoms with van der Waals surface area (Å²) in [5, 5.41) is 5.27. The van der Waals surface area contributed by atoms with Crippen molar-refractivity contribution in [2.75, 3.05) is 5.32 Å². The number of thiazole rings is 1. The van der Waals surface area contributed by atoms with Crippen LogP contribution in [0.3, 0.4) is 0 Å². The molecule has 3 N–H and O–H groups in total. The molecule has 2 amide bonds. The Hall–Kier alpha value is -3.06. The number of nitrogens with two attached hydrogens (primary N) is 1. The highest BCUT2D eigenvalue weighted by Gasteiger charge is 2.12. The van der Waals surface area contributed by atoms with Crippen molar-refractivity contribution in [2.45, 2.75) is 6.42 Å². The maximum absolute atomic E-state index is 13.4. The number of carbonyl (C=O) groups is 2. The minimum atomic E-state index is -0.888. The Balaban J connectivity index is 1.68. The number of hydrogen-bond donors (Lipinski definition) is 2. The van der Waals surface area contributed by atoms with E-state index >= 15 is 0 Å². The van der Waals surface area contributed by atoms with Crippen LogP contribution < -0.4 is 11.1 Å². The molecule has 5 nitrogen and oxygen atoms in total. The topological polar surface area (TPSA) is 85.1 Å². The predicted octanol–water partition coefficient (Wildman–Crippen LogP) is 3.23. The third kappa shape index (κ3) is 4.07. The fraction of sp³-hybridized carbons (Fsp3) is 0.0556. The Labute approximate surface area is 147 Å². The minimum absolute atomic E-state index is 0.0760. The maximum Gasteiger partial charge on any atom is 0.251 e. The summed E-state index contributed by atoms with van der Waals surface area (Å²) in [6.45, 7) is 0. The molecule has 126 valence electrons. The Morgan fingerprint density at radius 1 is 1.16 bits per heavy atom. The van der Waals surface area contributed by atoms with Crippen LogP contribution in [0.4, 0.5) is 10.1 Å². The first kappa shape index (κ1) is 16.8. The summed E-state index contributed by atoms with van der Waals surface area (Å²) in [4.78, 5) is 27.7. The molecule has 0 saturated carbocycles. The van der Waals surface area contributed by atoms with Gasteiger partial charge < -0.3 is 11.1 Å². The van der Waals surface area contributed by atoms with Crippen molar-refractivity contribution >= 4 is 28.8 Å². The van der Waals surface area contributed by atoms with E-state index in [2.05, 4.69) is 10.3 Å². The van der Waals surface area contributed by atoms with Crippen LogP contribution in [0.1, 0.15) is 16.1 Å². The first-order chi connectivity index (χ1) is 12.0.